The highest BCUT2D eigenvalue weighted by Crippen LogP contribution is 2.31. The summed E-state index contributed by atoms with van der Waals surface area (Å²) < 4.78 is 5.05. The maximum absolute atomic E-state index is 5.05. The van der Waals surface area contributed by atoms with Crippen LogP contribution in [0.15, 0.2) is 11.7 Å². The minimum absolute atomic E-state index is 0.278. The molecular weight excluding hydrogens is 232 g/mol. The molecular formula is C13H24N2OS. The molecule has 0 aliphatic carbocycles. The Kier molecular flexibility index (Phi) is 6.09. The van der Waals surface area contributed by atoms with Crippen molar-refractivity contribution in [2.24, 2.45) is 11.3 Å². The van der Waals surface area contributed by atoms with E-state index in [0.717, 1.165) is 26.1 Å². The lowest BCUT2D eigenvalue weighted by molar-refractivity contribution is 0.176. The number of thiazole rings is 1. The summed E-state index contributed by atoms with van der Waals surface area (Å²) in [4.78, 5) is 5.52. The zero-order chi connectivity index (χ0) is 12.7. The number of rotatable bonds is 8. The van der Waals surface area contributed by atoms with Crippen molar-refractivity contribution in [1.82, 2.24) is 10.3 Å². The first kappa shape index (κ1) is 14.6. The normalized spacial score (nSPS) is 15.1. The molecule has 4 heteroatoms. The Bertz CT molecular complexity index is 300. The van der Waals surface area contributed by atoms with Crippen molar-refractivity contribution in [1.29, 1.82) is 0 Å². The van der Waals surface area contributed by atoms with Crippen molar-refractivity contribution >= 4 is 11.3 Å². The summed E-state index contributed by atoms with van der Waals surface area (Å²) >= 11 is 1.75. The second-order valence-corrected chi connectivity index (χ2v) is 6.09. The first-order valence-electron chi connectivity index (χ1n) is 6.15. The number of aromatic nitrogens is 1. The predicted octanol–water partition coefficient (Wildman–Crippen LogP) is 2.58. The third kappa shape index (κ3) is 4.74. The number of methoxy groups -OCH3 is 1. The topological polar surface area (TPSA) is 34.1 Å². The molecule has 1 heterocycles. The first-order valence-corrected chi connectivity index (χ1v) is 7.03. The van der Waals surface area contributed by atoms with Gasteiger partial charge in [-0.15, -0.1) is 11.3 Å². The SMILES string of the molecule is COCCNCC(C)(Cc1cncs1)C(C)C. The standard InChI is InChI=1S/C13H24N2OS/c1-11(2)13(3,9-14-5-6-16-4)7-12-8-15-10-17-12/h8,10-11,14H,5-7,9H2,1-4H3. The van der Waals surface area contributed by atoms with Crippen molar-refractivity contribution in [2.45, 2.75) is 27.2 Å². The van der Waals surface area contributed by atoms with Crippen LogP contribution in [-0.2, 0) is 11.2 Å². The summed E-state index contributed by atoms with van der Waals surface area (Å²) in [5.41, 5.74) is 2.19. The molecule has 0 amide bonds. The van der Waals surface area contributed by atoms with Crippen molar-refractivity contribution in [2.75, 3.05) is 26.8 Å². The molecule has 0 spiro atoms. The van der Waals surface area contributed by atoms with Gasteiger partial charge >= 0.3 is 0 Å². The molecule has 0 aliphatic heterocycles. The van der Waals surface area contributed by atoms with E-state index in [0.29, 0.717) is 5.92 Å². The summed E-state index contributed by atoms with van der Waals surface area (Å²) in [5.74, 6) is 0.639. The molecule has 3 nitrogen and oxygen atoms in total. The van der Waals surface area contributed by atoms with Gasteiger partial charge in [-0.2, -0.15) is 0 Å². The molecule has 0 aromatic carbocycles. The predicted molar refractivity (Wildman–Crippen MR) is 73.5 cm³/mol. The molecule has 1 N–H and O–H groups in total. The van der Waals surface area contributed by atoms with Crippen LogP contribution in [-0.4, -0.2) is 31.8 Å². The van der Waals surface area contributed by atoms with Crippen molar-refractivity contribution in [3.63, 3.8) is 0 Å². The number of nitrogens with one attached hydrogen (secondary N) is 1. The molecule has 0 bridgehead atoms. The molecule has 1 aromatic rings. The van der Waals surface area contributed by atoms with E-state index in [1.807, 2.05) is 11.7 Å². The lowest BCUT2D eigenvalue weighted by Gasteiger charge is -2.33. The molecule has 17 heavy (non-hydrogen) atoms. The average Bonchev–Trinajstić information content (AvgIpc) is 2.77. The Morgan fingerprint density at radius 3 is 2.82 bits per heavy atom. The smallest absolute Gasteiger partial charge is 0.0794 e. The highest BCUT2D eigenvalue weighted by atomic mass is 32.1. The average molecular weight is 256 g/mol. The summed E-state index contributed by atoms with van der Waals surface area (Å²) in [7, 11) is 1.74. The molecule has 98 valence electrons. The second-order valence-electron chi connectivity index (χ2n) is 5.12. The van der Waals surface area contributed by atoms with Gasteiger partial charge in [-0.25, -0.2) is 0 Å². The summed E-state index contributed by atoms with van der Waals surface area (Å²) in [6.07, 6.45) is 3.08. The minimum Gasteiger partial charge on any atom is -0.383 e. The molecule has 0 radical (unpaired) electrons. The van der Waals surface area contributed by atoms with E-state index in [-0.39, 0.29) is 5.41 Å². The fourth-order valence-electron chi connectivity index (χ4n) is 1.75. The maximum Gasteiger partial charge on any atom is 0.0794 e. The number of ether oxygens (including phenoxy) is 1. The van der Waals surface area contributed by atoms with Gasteiger partial charge < -0.3 is 10.1 Å². The third-order valence-corrected chi connectivity index (χ3v) is 4.25. The fraction of sp³-hybridized carbons (Fsp3) is 0.769. The minimum atomic E-state index is 0.278. The van der Waals surface area contributed by atoms with E-state index in [1.54, 1.807) is 18.4 Å². The van der Waals surface area contributed by atoms with Gasteiger partial charge in [0.2, 0.25) is 0 Å². The molecule has 0 aliphatic rings. The van der Waals surface area contributed by atoms with Crippen molar-refractivity contribution in [3.05, 3.63) is 16.6 Å². The Balaban J connectivity index is 2.50. The van der Waals surface area contributed by atoms with Gasteiger partial charge in [0.05, 0.1) is 12.1 Å². The highest BCUT2D eigenvalue weighted by Gasteiger charge is 2.28. The molecule has 1 atom stereocenters. The summed E-state index contributed by atoms with van der Waals surface area (Å²) in [6.45, 7) is 9.64. The van der Waals surface area contributed by atoms with Crippen molar-refractivity contribution in [3.8, 4) is 0 Å². The molecule has 1 unspecified atom stereocenters. The van der Waals surface area contributed by atoms with Crippen LogP contribution < -0.4 is 5.32 Å². The number of hydrogen-bond donors (Lipinski definition) is 1. The summed E-state index contributed by atoms with van der Waals surface area (Å²) in [5, 5.41) is 3.48. The second kappa shape index (κ2) is 7.09. The van der Waals surface area contributed by atoms with Crippen LogP contribution in [0.3, 0.4) is 0 Å². The van der Waals surface area contributed by atoms with Crippen LogP contribution in [0.1, 0.15) is 25.6 Å². The number of nitrogens with zero attached hydrogens (tertiary/aromatic N) is 1. The Morgan fingerprint density at radius 2 is 2.29 bits per heavy atom. The molecule has 0 saturated heterocycles. The van der Waals surface area contributed by atoms with E-state index in [1.165, 1.54) is 4.88 Å². The molecule has 1 aromatic heterocycles. The van der Waals surface area contributed by atoms with E-state index < -0.39 is 0 Å². The van der Waals surface area contributed by atoms with Gasteiger partial charge in [0.1, 0.15) is 0 Å². The van der Waals surface area contributed by atoms with Crippen molar-refractivity contribution < 1.29 is 4.74 Å². The molecule has 0 saturated carbocycles. The first-order chi connectivity index (χ1) is 8.08. The van der Waals surface area contributed by atoms with Crippen LogP contribution in [0.25, 0.3) is 0 Å². The third-order valence-electron chi connectivity index (χ3n) is 3.47. The lowest BCUT2D eigenvalue weighted by atomic mass is 9.76. The quantitative estimate of drug-likeness (QED) is 0.726. The zero-order valence-corrected chi connectivity index (χ0v) is 12.1. The van der Waals surface area contributed by atoms with Gasteiger partial charge in [0, 0.05) is 31.3 Å². The number of hydrogen-bond acceptors (Lipinski definition) is 4. The van der Waals surface area contributed by atoms with Crippen LogP contribution in [0.5, 0.6) is 0 Å². The molecule has 0 fully saturated rings. The van der Waals surface area contributed by atoms with E-state index in [4.69, 9.17) is 4.74 Å². The Labute approximate surface area is 109 Å². The van der Waals surface area contributed by atoms with E-state index in [2.05, 4.69) is 31.1 Å². The fourth-order valence-corrected chi connectivity index (χ4v) is 2.54. The van der Waals surface area contributed by atoms with Gasteiger partial charge in [0.25, 0.3) is 0 Å². The maximum atomic E-state index is 5.05. The zero-order valence-electron chi connectivity index (χ0n) is 11.3. The van der Waals surface area contributed by atoms with Gasteiger partial charge in [-0.05, 0) is 17.8 Å². The Hall–Kier alpha value is -0.450. The van der Waals surface area contributed by atoms with Crippen LogP contribution in [0.2, 0.25) is 0 Å². The lowest BCUT2D eigenvalue weighted by Crippen LogP contribution is -2.38. The molecule has 1 rings (SSSR count). The highest BCUT2D eigenvalue weighted by molar-refractivity contribution is 7.09. The van der Waals surface area contributed by atoms with Crippen LogP contribution in [0, 0.1) is 11.3 Å². The van der Waals surface area contributed by atoms with Gasteiger partial charge in [-0.3, -0.25) is 4.98 Å². The largest absolute Gasteiger partial charge is 0.383 e. The van der Waals surface area contributed by atoms with Crippen LogP contribution >= 0.6 is 11.3 Å². The summed E-state index contributed by atoms with van der Waals surface area (Å²) in [6, 6.07) is 0. The van der Waals surface area contributed by atoms with Gasteiger partial charge in [0.15, 0.2) is 0 Å². The van der Waals surface area contributed by atoms with Crippen LogP contribution in [0.4, 0.5) is 0 Å². The Morgan fingerprint density at radius 1 is 1.53 bits per heavy atom. The monoisotopic (exact) mass is 256 g/mol. The van der Waals surface area contributed by atoms with E-state index >= 15 is 0 Å². The van der Waals surface area contributed by atoms with E-state index in [9.17, 15) is 0 Å². The van der Waals surface area contributed by atoms with Gasteiger partial charge in [-0.1, -0.05) is 20.8 Å².